The van der Waals surface area contributed by atoms with Crippen molar-refractivity contribution in [2.75, 3.05) is 13.1 Å². The lowest BCUT2D eigenvalue weighted by Gasteiger charge is -2.31. The minimum Gasteiger partial charge on any atom is -0.349 e. The van der Waals surface area contributed by atoms with Gasteiger partial charge in [-0.25, -0.2) is 0 Å². The molecule has 2 heterocycles. The van der Waals surface area contributed by atoms with Gasteiger partial charge in [0.15, 0.2) is 0 Å². The van der Waals surface area contributed by atoms with Gasteiger partial charge in [0.1, 0.15) is 0 Å². The molecule has 1 aromatic heterocycles. The highest BCUT2D eigenvalue weighted by molar-refractivity contribution is 5.85. The fourth-order valence-electron chi connectivity index (χ4n) is 3.13. The summed E-state index contributed by atoms with van der Waals surface area (Å²) in [5, 5.41) is 10.8. The highest BCUT2D eigenvalue weighted by Gasteiger charge is 2.29. The van der Waals surface area contributed by atoms with Gasteiger partial charge in [0.2, 0.25) is 5.91 Å². The van der Waals surface area contributed by atoms with Crippen molar-refractivity contribution in [3.05, 3.63) is 18.0 Å². The lowest BCUT2D eigenvalue weighted by Crippen LogP contribution is -2.37. The van der Waals surface area contributed by atoms with Gasteiger partial charge in [0.05, 0.1) is 12.2 Å². The maximum absolute atomic E-state index is 12.4. The molecule has 0 bridgehead atoms. The van der Waals surface area contributed by atoms with Crippen LogP contribution in [0.3, 0.4) is 0 Å². The van der Waals surface area contributed by atoms with Crippen LogP contribution in [0.25, 0.3) is 0 Å². The van der Waals surface area contributed by atoms with Gasteiger partial charge in [-0.3, -0.25) is 9.48 Å². The van der Waals surface area contributed by atoms with Gasteiger partial charge in [-0.2, -0.15) is 5.10 Å². The summed E-state index contributed by atoms with van der Waals surface area (Å²) in [6.45, 7) is 8.63. The molecule has 0 spiro atoms. The highest BCUT2D eigenvalue weighted by Crippen LogP contribution is 2.32. The van der Waals surface area contributed by atoms with E-state index in [9.17, 15) is 4.79 Å². The number of carbonyl (C=O) groups excluding carboxylic acids is 1. The van der Waals surface area contributed by atoms with E-state index in [1.54, 1.807) is 4.68 Å². The summed E-state index contributed by atoms with van der Waals surface area (Å²) in [4.78, 5) is 12.4. The molecule has 1 aromatic rings. The normalized spacial score (nSPS) is 17.4. The first-order valence-corrected chi connectivity index (χ1v) is 8.35. The predicted molar refractivity (Wildman–Crippen MR) is 95.6 cm³/mol. The number of halogens is 1. The van der Waals surface area contributed by atoms with E-state index in [-0.39, 0.29) is 29.8 Å². The van der Waals surface area contributed by atoms with Crippen molar-refractivity contribution >= 4 is 18.3 Å². The van der Waals surface area contributed by atoms with Gasteiger partial charge in [-0.15, -0.1) is 12.4 Å². The fourth-order valence-corrected chi connectivity index (χ4v) is 3.13. The zero-order valence-electron chi connectivity index (χ0n) is 14.8. The molecule has 5 nitrogen and oxygen atoms in total. The summed E-state index contributed by atoms with van der Waals surface area (Å²) in [6.07, 6.45) is 7.85. The Labute approximate surface area is 146 Å². The molecule has 1 aliphatic rings. The van der Waals surface area contributed by atoms with E-state index in [1.165, 1.54) is 12.8 Å². The Balaban J connectivity index is 0.00000264. The molecule has 1 fully saturated rings. The van der Waals surface area contributed by atoms with E-state index in [1.807, 2.05) is 19.4 Å². The Morgan fingerprint density at radius 3 is 2.61 bits per heavy atom. The first kappa shape index (κ1) is 20.0. The zero-order valence-corrected chi connectivity index (χ0v) is 15.6. The monoisotopic (exact) mass is 342 g/mol. The second-order valence-corrected chi connectivity index (χ2v) is 7.55. The number of aromatic nitrogens is 2. The lowest BCUT2D eigenvalue weighted by molar-refractivity contribution is -0.123. The van der Waals surface area contributed by atoms with Crippen molar-refractivity contribution in [3.8, 4) is 0 Å². The molecule has 0 saturated carbocycles. The molecule has 6 heteroatoms. The number of piperidine rings is 1. The molecular weight excluding hydrogens is 312 g/mol. The first-order chi connectivity index (χ1) is 10.4. The fraction of sp³-hybridized carbons (Fsp3) is 0.765. The number of hydrogen-bond acceptors (Lipinski definition) is 3. The molecule has 132 valence electrons. The third-order valence-electron chi connectivity index (χ3n) is 4.47. The number of nitrogens with one attached hydrogen (secondary N) is 2. The second-order valence-electron chi connectivity index (χ2n) is 7.55. The molecule has 1 saturated heterocycles. The maximum atomic E-state index is 12.4. The van der Waals surface area contributed by atoms with Crippen LogP contribution in [0.2, 0.25) is 0 Å². The Hall–Kier alpha value is -1.07. The predicted octanol–water partition coefficient (Wildman–Crippen LogP) is 2.83. The van der Waals surface area contributed by atoms with Crippen LogP contribution in [0.5, 0.6) is 0 Å². The molecule has 1 unspecified atom stereocenters. The van der Waals surface area contributed by atoms with Gasteiger partial charge in [-0.05, 0) is 43.7 Å². The second kappa shape index (κ2) is 8.69. The minimum atomic E-state index is -0.0343. The zero-order chi connectivity index (χ0) is 16.2. The van der Waals surface area contributed by atoms with Crippen LogP contribution in [0.1, 0.15) is 58.1 Å². The van der Waals surface area contributed by atoms with Gasteiger partial charge >= 0.3 is 0 Å². The van der Waals surface area contributed by atoms with E-state index in [4.69, 9.17) is 0 Å². The van der Waals surface area contributed by atoms with Gasteiger partial charge in [0.25, 0.3) is 0 Å². The lowest BCUT2D eigenvalue weighted by atomic mass is 9.83. The average molecular weight is 343 g/mol. The molecule has 23 heavy (non-hydrogen) atoms. The van der Waals surface area contributed by atoms with E-state index in [0.717, 1.165) is 25.1 Å². The third-order valence-corrected chi connectivity index (χ3v) is 4.47. The van der Waals surface area contributed by atoms with Crippen LogP contribution in [0, 0.1) is 11.3 Å². The molecule has 2 N–H and O–H groups in total. The van der Waals surface area contributed by atoms with Gasteiger partial charge < -0.3 is 10.6 Å². The van der Waals surface area contributed by atoms with E-state index in [0.29, 0.717) is 12.3 Å². The first-order valence-electron chi connectivity index (χ1n) is 8.35. The summed E-state index contributed by atoms with van der Waals surface area (Å²) in [7, 11) is 1.90. The number of amides is 1. The minimum absolute atomic E-state index is 0. The highest BCUT2D eigenvalue weighted by atomic mass is 35.5. The Morgan fingerprint density at radius 2 is 2.09 bits per heavy atom. The number of carbonyl (C=O) groups is 1. The van der Waals surface area contributed by atoms with Crippen LogP contribution in [-0.4, -0.2) is 28.8 Å². The molecular formula is C17H31ClN4O. The molecule has 2 rings (SSSR count). The van der Waals surface area contributed by atoms with Crippen LogP contribution < -0.4 is 10.6 Å². The van der Waals surface area contributed by atoms with Gasteiger partial charge in [0, 0.05) is 25.2 Å². The van der Waals surface area contributed by atoms with Crippen LogP contribution in [0.15, 0.2) is 12.4 Å². The van der Waals surface area contributed by atoms with Crippen molar-refractivity contribution in [3.63, 3.8) is 0 Å². The molecule has 0 aliphatic carbocycles. The number of aryl methyl sites for hydroxylation is 1. The standard InChI is InChI=1S/C17H30N4O.ClH/c1-17(2,3)16(14-11-19-21(4)12-14)20-15(22)6-5-13-7-9-18-10-8-13;/h11-13,16,18H,5-10H2,1-4H3,(H,20,22);1H. The molecule has 0 radical (unpaired) electrons. The van der Waals surface area contributed by atoms with Crippen molar-refractivity contribution < 1.29 is 4.79 Å². The molecule has 1 aliphatic heterocycles. The summed E-state index contributed by atoms with van der Waals surface area (Å²) < 4.78 is 1.79. The summed E-state index contributed by atoms with van der Waals surface area (Å²) in [5.74, 6) is 0.848. The van der Waals surface area contributed by atoms with Crippen molar-refractivity contribution in [1.82, 2.24) is 20.4 Å². The Kier molecular flexibility index (Phi) is 7.55. The van der Waals surface area contributed by atoms with Crippen LogP contribution >= 0.6 is 12.4 Å². The van der Waals surface area contributed by atoms with E-state index in [2.05, 4.69) is 36.5 Å². The molecule has 1 amide bonds. The Bertz CT molecular complexity index is 489. The SMILES string of the molecule is Cl.Cn1cc(C(NC(=O)CCC2CCNCC2)C(C)(C)C)cn1. The van der Waals surface area contributed by atoms with Crippen LogP contribution in [-0.2, 0) is 11.8 Å². The number of hydrogen-bond donors (Lipinski definition) is 2. The molecule has 1 atom stereocenters. The van der Waals surface area contributed by atoms with Crippen molar-refractivity contribution in [2.45, 2.75) is 52.5 Å². The topological polar surface area (TPSA) is 59.0 Å². The summed E-state index contributed by atoms with van der Waals surface area (Å²) in [6, 6.07) is 0.00159. The van der Waals surface area contributed by atoms with Crippen molar-refractivity contribution in [2.24, 2.45) is 18.4 Å². The number of nitrogens with zero attached hydrogens (tertiary/aromatic N) is 2. The third kappa shape index (κ3) is 6.15. The largest absolute Gasteiger partial charge is 0.349 e. The van der Waals surface area contributed by atoms with E-state index < -0.39 is 0 Å². The molecule has 0 aromatic carbocycles. The van der Waals surface area contributed by atoms with Crippen molar-refractivity contribution in [1.29, 1.82) is 0 Å². The van der Waals surface area contributed by atoms with E-state index >= 15 is 0 Å². The summed E-state index contributed by atoms with van der Waals surface area (Å²) >= 11 is 0. The Morgan fingerprint density at radius 1 is 1.43 bits per heavy atom. The number of rotatable bonds is 5. The summed E-state index contributed by atoms with van der Waals surface area (Å²) in [5.41, 5.74) is 1.04. The smallest absolute Gasteiger partial charge is 0.220 e. The quantitative estimate of drug-likeness (QED) is 0.865. The van der Waals surface area contributed by atoms with Crippen LogP contribution in [0.4, 0.5) is 0 Å². The van der Waals surface area contributed by atoms with Gasteiger partial charge in [-0.1, -0.05) is 20.8 Å². The average Bonchev–Trinajstić information content (AvgIpc) is 2.88. The maximum Gasteiger partial charge on any atom is 0.220 e.